The predicted octanol–water partition coefficient (Wildman–Crippen LogP) is 7.80. The van der Waals surface area contributed by atoms with E-state index in [0.717, 1.165) is 87.6 Å². The van der Waals surface area contributed by atoms with Crippen molar-refractivity contribution in [2.75, 3.05) is 52.5 Å². The summed E-state index contributed by atoms with van der Waals surface area (Å²) < 4.78 is 11.6. The van der Waals surface area contributed by atoms with Crippen molar-refractivity contribution in [2.45, 2.75) is 103 Å². The largest absolute Gasteiger partial charge is 0.494 e. The zero-order valence-electron chi connectivity index (χ0n) is 27.7. The van der Waals surface area contributed by atoms with E-state index in [9.17, 15) is 10.2 Å². The summed E-state index contributed by atoms with van der Waals surface area (Å²) in [5.74, 6) is 1.91. The van der Waals surface area contributed by atoms with Crippen molar-refractivity contribution in [1.82, 2.24) is 9.80 Å². The second kappa shape index (κ2) is 19.4. The van der Waals surface area contributed by atoms with Crippen LogP contribution in [-0.4, -0.2) is 72.5 Å². The molecule has 4 rings (SSSR count). The van der Waals surface area contributed by atoms with E-state index in [-0.39, 0.29) is 11.8 Å². The molecular weight excluding hydrogens is 548 g/mol. The highest BCUT2D eigenvalue weighted by molar-refractivity contribution is 5.30. The molecule has 0 aliphatic carbocycles. The average molecular weight is 609 g/mol. The fourth-order valence-electron chi connectivity index (χ4n) is 6.93. The van der Waals surface area contributed by atoms with Crippen molar-refractivity contribution in [2.24, 2.45) is 11.8 Å². The van der Waals surface area contributed by atoms with Crippen molar-refractivity contribution in [3.63, 3.8) is 0 Å². The molecule has 0 saturated carbocycles. The molecule has 2 aliphatic rings. The van der Waals surface area contributed by atoms with Crippen LogP contribution in [0.4, 0.5) is 0 Å². The monoisotopic (exact) mass is 608 g/mol. The summed E-state index contributed by atoms with van der Waals surface area (Å²) in [5.41, 5.74) is 1.92. The molecule has 44 heavy (non-hydrogen) atoms. The minimum absolute atomic E-state index is 0.0964. The maximum atomic E-state index is 11.8. The van der Waals surface area contributed by atoms with Crippen molar-refractivity contribution in [1.29, 1.82) is 0 Å². The Kier molecular flexibility index (Phi) is 15.3. The van der Waals surface area contributed by atoms with E-state index in [2.05, 4.69) is 23.6 Å². The number of hydrogen-bond donors (Lipinski definition) is 2. The van der Waals surface area contributed by atoms with Crippen LogP contribution in [0.3, 0.4) is 0 Å². The van der Waals surface area contributed by atoms with Gasteiger partial charge in [0.1, 0.15) is 11.5 Å². The lowest BCUT2D eigenvalue weighted by Crippen LogP contribution is -2.36. The quantitative estimate of drug-likeness (QED) is 0.191. The summed E-state index contributed by atoms with van der Waals surface area (Å²) in [6, 6.07) is 16.1. The molecular formula is C38H60N2O4. The maximum Gasteiger partial charge on any atom is 0.119 e. The zero-order valence-corrected chi connectivity index (χ0v) is 27.7. The third-order valence-corrected chi connectivity index (χ3v) is 9.57. The van der Waals surface area contributed by atoms with Crippen LogP contribution in [0.15, 0.2) is 48.5 Å². The second-order valence-corrected chi connectivity index (χ2v) is 13.3. The van der Waals surface area contributed by atoms with Gasteiger partial charge in [-0.15, -0.1) is 0 Å². The average Bonchev–Trinajstić information content (AvgIpc) is 3.49. The lowest BCUT2D eigenvalue weighted by Gasteiger charge is -2.34. The number of likely N-dealkylation sites (tertiary alicyclic amines) is 2. The van der Waals surface area contributed by atoms with Gasteiger partial charge in [-0.1, -0.05) is 63.8 Å². The molecule has 2 aromatic carbocycles. The fourth-order valence-corrected chi connectivity index (χ4v) is 6.93. The molecule has 2 N–H and O–H groups in total. The normalized spacial score (nSPS) is 19.8. The van der Waals surface area contributed by atoms with Gasteiger partial charge in [0.05, 0.1) is 25.4 Å². The van der Waals surface area contributed by atoms with E-state index in [1.807, 2.05) is 48.5 Å². The first-order valence-corrected chi connectivity index (χ1v) is 17.8. The molecule has 6 heteroatoms. The molecule has 2 fully saturated rings. The van der Waals surface area contributed by atoms with E-state index in [4.69, 9.17) is 9.47 Å². The molecule has 0 radical (unpaired) electrons. The summed E-state index contributed by atoms with van der Waals surface area (Å²) >= 11 is 0. The van der Waals surface area contributed by atoms with Gasteiger partial charge in [-0.25, -0.2) is 0 Å². The first kappa shape index (κ1) is 34.7. The van der Waals surface area contributed by atoms with E-state index in [1.165, 1.54) is 51.4 Å². The van der Waals surface area contributed by atoms with Gasteiger partial charge in [0.2, 0.25) is 0 Å². The van der Waals surface area contributed by atoms with Crippen molar-refractivity contribution in [3.05, 3.63) is 59.7 Å². The Morgan fingerprint density at radius 1 is 0.545 bits per heavy atom. The standard InChI is InChI=1S/C38H60N2O4/c1-3-27-43-35-19-15-31(16-20-35)37(41)33(29-39-23-9-5-6-10-24-39)13-14-34(30-40-25-11-7-8-12-26-40)38(42)32-17-21-36(22-18-32)44-28-4-2/h15-22,33-34,37-38,41-42H,3-14,23-30H2,1-2H3/t33-,34-,37+,38+/m0/s1. The van der Waals surface area contributed by atoms with E-state index in [0.29, 0.717) is 13.2 Å². The maximum absolute atomic E-state index is 11.8. The molecule has 0 amide bonds. The van der Waals surface area contributed by atoms with Gasteiger partial charge < -0.3 is 29.5 Å². The Bertz CT molecular complexity index is 931. The Morgan fingerprint density at radius 2 is 0.886 bits per heavy atom. The topological polar surface area (TPSA) is 65.4 Å². The summed E-state index contributed by atoms with van der Waals surface area (Å²) in [6.45, 7) is 11.9. The van der Waals surface area contributed by atoms with Gasteiger partial charge in [0.25, 0.3) is 0 Å². The number of aliphatic hydroxyl groups is 2. The third kappa shape index (κ3) is 11.3. The molecule has 6 nitrogen and oxygen atoms in total. The van der Waals surface area contributed by atoms with Crippen molar-refractivity contribution < 1.29 is 19.7 Å². The second-order valence-electron chi connectivity index (χ2n) is 13.3. The van der Waals surface area contributed by atoms with Crippen LogP contribution in [0.1, 0.15) is 114 Å². The van der Waals surface area contributed by atoms with Crippen LogP contribution < -0.4 is 9.47 Å². The molecule has 0 unspecified atom stereocenters. The number of benzene rings is 2. The highest BCUT2D eigenvalue weighted by Crippen LogP contribution is 2.34. The lowest BCUT2D eigenvalue weighted by atomic mass is 9.84. The predicted molar refractivity (Wildman–Crippen MR) is 180 cm³/mol. The highest BCUT2D eigenvalue weighted by Gasteiger charge is 2.29. The molecule has 0 bridgehead atoms. The Labute approximate surface area is 267 Å². The molecule has 2 aliphatic heterocycles. The molecule has 4 atom stereocenters. The summed E-state index contributed by atoms with van der Waals surface area (Å²) in [7, 11) is 0. The highest BCUT2D eigenvalue weighted by atomic mass is 16.5. The SMILES string of the molecule is CCCOc1ccc([C@@H](O)[C@@H](CC[C@@H](CN2CCCCCC2)[C@H](O)c2ccc(OCCC)cc2)CN2CCCCCC2)cc1. The van der Waals surface area contributed by atoms with Crippen LogP contribution in [0.25, 0.3) is 0 Å². The minimum atomic E-state index is -0.551. The Balaban J connectivity index is 1.51. The van der Waals surface area contributed by atoms with Gasteiger partial charge in [-0.3, -0.25) is 0 Å². The smallest absolute Gasteiger partial charge is 0.119 e. The van der Waals surface area contributed by atoms with Crippen LogP contribution in [0.5, 0.6) is 11.5 Å². The Hall–Kier alpha value is -2.12. The van der Waals surface area contributed by atoms with Crippen molar-refractivity contribution >= 4 is 0 Å². The van der Waals surface area contributed by atoms with Gasteiger partial charge in [0, 0.05) is 24.9 Å². The zero-order chi connectivity index (χ0) is 31.0. The van der Waals surface area contributed by atoms with E-state index >= 15 is 0 Å². The summed E-state index contributed by atoms with van der Waals surface area (Å²) in [6.07, 6.45) is 12.7. The first-order chi connectivity index (χ1) is 21.6. The number of aliphatic hydroxyl groups excluding tert-OH is 2. The van der Waals surface area contributed by atoms with Crippen LogP contribution in [-0.2, 0) is 0 Å². The lowest BCUT2D eigenvalue weighted by molar-refractivity contribution is 0.0449. The van der Waals surface area contributed by atoms with Gasteiger partial charge in [-0.2, -0.15) is 0 Å². The molecule has 0 aromatic heterocycles. The molecule has 246 valence electrons. The van der Waals surface area contributed by atoms with Gasteiger partial charge in [-0.05, 0) is 113 Å². The van der Waals surface area contributed by atoms with Crippen LogP contribution in [0.2, 0.25) is 0 Å². The molecule has 2 aromatic rings. The van der Waals surface area contributed by atoms with E-state index in [1.54, 1.807) is 0 Å². The fraction of sp³-hybridized carbons (Fsp3) is 0.684. The third-order valence-electron chi connectivity index (χ3n) is 9.57. The summed E-state index contributed by atoms with van der Waals surface area (Å²) in [5, 5.41) is 23.6. The molecule has 0 spiro atoms. The molecule has 2 heterocycles. The van der Waals surface area contributed by atoms with Crippen molar-refractivity contribution in [3.8, 4) is 11.5 Å². The van der Waals surface area contributed by atoms with Crippen LogP contribution >= 0.6 is 0 Å². The first-order valence-electron chi connectivity index (χ1n) is 17.8. The van der Waals surface area contributed by atoms with Gasteiger partial charge >= 0.3 is 0 Å². The van der Waals surface area contributed by atoms with E-state index < -0.39 is 12.2 Å². The Morgan fingerprint density at radius 3 is 1.20 bits per heavy atom. The molecule has 2 saturated heterocycles. The number of nitrogens with zero attached hydrogens (tertiary/aromatic N) is 2. The minimum Gasteiger partial charge on any atom is -0.494 e. The summed E-state index contributed by atoms with van der Waals surface area (Å²) in [4.78, 5) is 5.16. The van der Waals surface area contributed by atoms with Crippen LogP contribution in [0, 0.1) is 11.8 Å². The number of ether oxygens (including phenoxy) is 2. The number of rotatable bonds is 17. The number of hydrogen-bond acceptors (Lipinski definition) is 6. The van der Waals surface area contributed by atoms with Gasteiger partial charge in [0.15, 0.2) is 0 Å².